The maximum Gasteiger partial charge on any atom is 0.131 e. The van der Waals surface area contributed by atoms with Crippen LogP contribution in [0.4, 0.5) is 10.1 Å². The Bertz CT molecular complexity index is 873. The third-order valence-electron chi connectivity index (χ3n) is 4.37. The zero-order chi connectivity index (χ0) is 18.5. The topological polar surface area (TPSA) is 21.3 Å². The van der Waals surface area contributed by atoms with E-state index in [1.807, 2.05) is 24.3 Å². The highest BCUT2D eigenvalue weighted by Crippen LogP contribution is 2.22. The van der Waals surface area contributed by atoms with Crippen molar-refractivity contribution >= 4 is 17.3 Å². The summed E-state index contributed by atoms with van der Waals surface area (Å²) in [5, 5.41) is 3.79. The molecule has 1 N–H and O–H groups in total. The van der Waals surface area contributed by atoms with Gasteiger partial charge in [0.15, 0.2) is 0 Å². The molecule has 0 radical (unpaired) electrons. The summed E-state index contributed by atoms with van der Waals surface area (Å²) >= 11 is 6.01. The van der Waals surface area contributed by atoms with Gasteiger partial charge in [-0.2, -0.15) is 0 Å². The van der Waals surface area contributed by atoms with Crippen LogP contribution < -0.4 is 10.1 Å². The lowest BCUT2D eigenvalue weighted by molar-refractivity contribution is 0.300. The van der Waals surface area contributed by atoms with Gasteiger partial charge < -0.3 is 10.1 Å². The van der Waals surface area contributed by atoms with E-state index in [1.165, 1.54) is 17.2 Å². The maximum absolute atomic E-state index is 13.8. The van der Waals surface area contributed by atoms with Crippen molar-refractivity contribution in [3.8, 4) is 5.75 Å². The average Bonchev–Trinajstić information content (AvgIpc) is 2.63. The van der Waals surface area contributed by atoms with Gasteiger partial charge in [-0.05, 0) is 66.9 Å². The molecule has 0 aliphatic carbocycles. The molecule has 0 spiro atoms. The van der Waals surface area contributed by atoms with Crippen LogP contribution in [0.5, 0.6) is 5.75 Å². The largest absolute Gasteiger partial charge is 0.489 e. The normalized spacial score (nSPS) is 10.6. The fourth-order valence-electron chi connectivity index (χ4n) is 2.58. The van der Waals surface area contributed by atoms with E-state index in [1.54, 1.807) is 12.1 Å². The number of halogens is 2. The Morgan fingerprint density at radius 1 is 0.962 bits per heavy atom. The van der Waals surface area contributed by atoms with Crippen LogP contribution >= 0.6 is 11.6 Å². The molecule has 3 rings (SSSR count). The van der Waals surface area contributed by atoms with Gasteiger partial charge in [-0.3, -0.25) is 0 Å². The molecule has 26 heavy (non-hydrogen) atoms. The first-order valence-corrected chi connectivity index (χ1v) is 8.86. The van der Waals surface area contributed by atoms with Crippen LogP contribution in [-0.2, 0) is 13.2 Å². The standard InChI is InChI=1S/C22H21ClFNO/c1-15-6-9-18(12-16(15)2)25-13-17-7-10-19(11-8-17)26-14-20-21(23)4-3-5-22(20)24/h3-12,25H,13-14H2,1-2H3. The summed E-state index contributed by atoms with van der Waals surface area (Å²) in [6, 6.07) is 18.7. The van der Waals surface area contributed by atoms with Crippen molar-refractivity contribution in [3.05, 3.63) is 93.8 Å². The van der Waals surface area contributed by atoms with Crippen LogP contribution in [0.25, 0.3) is 0 Å². The van der Waals surface area contributed by atoms with E-state index in [4.69, 9.17) is 16.3 Å². The molecule has 3 aromatic rings. The van der Waals surface area contributed by atoms with Crippen molar-refractivity contribution in [2.45, 2.75) is 27.0 Å². The SMILES string of the molecule is Cc1ccc(NCc2ccc(OCc3c(F)cccc3Cl)cc2)cc1C. The quantitative estimate of drug-likeness (QED) is 0.551. The monoisotopic (exact) mass is 369 g/mol. The van der Waals surface area contributed by atoms with E-state index < -0.39 is 0 Å². The lowest BCUT2D eigenvalue weighted by Crippen LogP contribution is -2.01. The van der Waals surface area contributed by atoms with Gasteiger partial charge in [-0.25, -0.2) is 4.39 Å². The minimum absolute atomic E-state index is 0.103. The maximum atomic E-state index is 13.8. The molecule has 4 heteroatoms. The molecule has 0 saturated heterocycles. The molecular weight excluding hydrogens is 349 g/mol. The highest BCUT2D eigenvalue weighted by Gasteiger charge is 2.07. The zero-order valence-electron chi connectivity index (χ0n) is 14.9. The van der Waals surface area contributed by atoms with Crippen LogP contribution in [0.3, 0.4) is 0 Å². The molecular formula is C22H21ClFNO. The van der Waals surface area contributed by atoms with E-state index in [0.29, 0.717) is 16.3 Å². The Labute approximate surface area is 158 Å². The minimum Gasteiger partial charge on any atom is -0.489 e. The first-order valence-electron chi connectivity index (χ1n) is 8.48. The fraction of sp³-hybridized carbons (Fsp3) is 0.182. The lowest BCUT2D eigenvalue weighted by Gasteiger charge is -2.11. The van der Waals surface area contributed by atoms with Gasteiger partial charge in [0.25, 0.3) is 0 Å². The van der Waals surface area contributed by atoms with Crippen LogP contribution in [0.1, 0.15) is 22.3 Å². The number of anilines is 1. The van der Waals surface area contributed by atoms with Crippen molar-refractivity contribution in [1.29, 1.82) is 0 Å². The third kappa shape index (κ3) is 4.55. The van der Waals surface area contributed by atoms with E-state index >= 15 is 0 Å². The fourth-order valence-corrected chi connectivity index (χ4v) is 2.80. The number of aryl methyl sites for hydroxylation is 2. The van der Waals surface area contributed by atoms with Crippen LogP contribution in [0.2, 0.25) is 5.02 Å². The predicted molar refractivity (Wildman–Crippen MR) is 105 cm³/mol. The summed E-state index contributed by atoms with van der Waals surface area (Å²) in [5.74, 6) is 0.325. The summed E-state index contributed by atoms with van der Waals surface area (Å²) in [6.45, 7) is 5.04. The number of hydrogen-bond acceptors (Lipinski definition) is 2. The molecule has 2 nitrogen and oxygen atoms in total. The summed E-state index contributed by atoms with van der Waals surface area (Å²) in [5.41, 5.74) is 5.16. The molecule has 3 aromatic carbocycles. The zero-order valence-corrected chi connectivity index (χ0v) is 15.6. The molecule has 0 aromatic heterocycles. The van der Waals surface area contributed by atoms with Gasteiger partial charge in [0.2, 0.25) is 0 Å². The second-order valence-corrected chi connectivity index (χ2v) is 6.69. The number of nitrogens with one attached hydrogen (secondary N) is 1. The van der Waals surface area contributed by atoms with E-state index in [2.05, 4.69) is 37.4 Å². The molecule has 0 amide bonds. The summed E-state index contributed by atoms with van der Waals surface area (Å²) < 4.78 is 19.4. The predicted octanol–water partition coefficient (Wildman–Crippen LogP) is 6.29. The first kappa shape index (κ1) is 18.3. The van der Waals surface area contributed by atoms with E-state index in [-0.39, 0.29) is 12.4 Å². The van der Waals surface area contributed by atoms with E-state index in [9.17, 15) is 4.39 Å². The van der Waals surface area contributed by atoms with Crippen molar-refractivity contribution in [2.75, 3.05) is 5.32 Å². The Hall–Kier alpha value is -2.52. The van der Waals surface area contributed by atoms with Crippen molar-refractivity contribution in [3.63, 3.8) is 0 Å². The van der Waals surface area contributed by atoms with Crippen molar-refractivity contribution in [1.82, 2.24) is 0 Å². The molecule has 0 unspecified atom stereocenters. The second-order valence-electron chi connectivity index (χ2n) is 6.29. The summed E-state index contributed by atoms with van der Waals surface area (Å²) in [7, 11) is 0. The van der Waals surface area contributed by atoms with Crippen LogP contribution in [-0.4, -0.2) is 0 Å². The third-order valence-corrected chi connectivity index (χ3v) is 4.73. The molecule has 134 valence electrons. The van der Waals surface area contributed by atoms with Crippen molar-refractivity contribution < 1.29 is 9.13 Å². The Morgan fingerprint density at radius 3 is 2.42 bits per heavy atom. The molecule has 0 heterocycles. The minimum atomic E-state index is -0.355. The number of hydrogen-bond donors (Lipinski definition) is 1. The van der Waals surface area contributed by atoms with Crippen LogP contribution in [0.15, 0.2) is 60.7 Å². The second kappa shape index (κ2) is 8.24. The molecule has 0 fully saturated rings. The highest BCUT2D eigenvalue weighted by atomic mass is 35.5. The van der Waals surface area contributed by atoms with Gasteiger partial charge >= 0.3 is 0 Å². The number of benzene rings is 3. The Balaban J connectivity index is 1.57. The number of ether oxygens (including phenoxy) is 1. The molecule has 0 atom stereocenters. The van der Waals surface area contributed by atoms with Crippen LogP contribution in [0, 0.1) is 19.7 Å². The van der Waals surface area contributed by atoms with Gasteiger partial charge in [-0.1, -0.05) is 35.9 Å². The molecule has 0 bridgehead atoms. The number of rotatable bonds is 6. The Kier molecular flexibility index (Phi) is 5.79. The highest BCUT2D eigenvalue weighted by molar-refractivity contribution is 6.31. The van der Waals surface area contributed by atoms with E-state index in [0.717, 1.165) is 17.8 Å². The van der Waals surface area contributed by atoms with Crippen molar-refractivity contribution in [2.24, 2.45) is 0 Å². The summed E-state index contributed by atoms with van der Waals surface area (Å²) in [6.07, 6.45) is 0. The lowest BCUT2D eigenvalue weighted by atomic mass is 10.1. The smallest absolute Gasteiger partial charge is 0.131 e. The molecule has 0 saturated carbocycles. The van der Waals surface area contributed by atoms with Gasteiger partial charge in [0, 0.05) is 17.8 Å². The Morgan fingerprint density at radius 2 is 1.73 bits per heavy atom. The van der Waals surface area contributed by atoms with Gasteiger partial charge in [0.1, 0.15) is 18.2 Å². The average molecular weight is 370 g/mol. The molecule has 0 aliphatic heterocycles. The van der Waals surface area contributed by atoms with Gasteiger partial charge in [-0.15, -0.1) is 0 Å². The first-order chi connectivity index (χ1) is 12.5. The summed E-state index contributed by atoms with van der Waals surface area (Å²) in [4.78, 5) is 0. The molecule has 0 aliphatic rings. The van der Waals surface area contributed by atoms with Gasteiger partial charge in [0.05, 0.1) is 5.02 Å².